The van der Waals surface area contributed by atoms with E-state index in [0.29, 0.717) is 6.29 Å². The zero-order valence-electron chi connectivity index (χ0n) is 7.52. The quantitative estimate of drug-likeness (QED) is 0.707. The van der Waals surface area contributed by atoms with Crippen LogP contribution in [0.25, 0.3) is 5.69 Å². The second-order valence-electron chi connectivity index (χ2n) is 2.88. The Morgan fingerprint density at radius 2 is 2.07 bits per heavy atom. The minimum Gasteiger partial charge on any atom is -0.296 e. The first-order chi connectivity index (χ1) is 7.22. The summed E-state index contributed by atoms with van der Waals surface area (Å²) in [5.41, 5.74) is 0.254. The minimum absolute atomic E-state index is 0.0449. The molecule has 1 heterocycles. The molecule has 76 valence electrons. The maximum absolute atomic E-state index is 13.3. The van der Waals surface area contributed by atoms with Gasteiger partial charge in [0.25, 0.3) is 0 Å². The van der Waals surface area contributed by atoms with Gasteiger partial charge in [0.2, 0.25) is 0 Å². The number of aromatic nitrogens is 2. The van der Waals surface area contributed by atoms with Crippen molar-refractivity contribution in [2.75, 3.05) is 0 Å². The second-order valence-corrected chi connectivity index (χ2v) is 2.88. The van der Waals surface area contributed by atoms with Gasteiger partial charge < -0.3 is 0 Å². The molecule has 5 heteroatoms. The summed E-state index contributed by atoms with van der Waals surface area (Å²) in [6.45, 7) is 0. The summed E-state index contributed by atoms with van der Waals surface area (Å²) < 4.78 is 27.1. The van der Waals surface area contributed by atoms with E-state index in [9.17, 15) is 13.6 Å². The molecule has 0 aliphatic heterocycles. The topological polar surface area (TPSA) is 34.9 Å². The highest BCUT2D eigenvalue weighted by Crippen LogP contribution is 2.15. The number of hydrogen-bond acceptors (Lipinski definition) is 2. The first-order valence-corrected chi connectivity index (χ1v) is 4.17. The van der Waals surface area contributed by atoms with Crippen molar-refractivity contribution in [2.45, 2.75) is 0 Å². The summed E-state index contributed by atoms with van der Waals surface area (Å²) in [6.07, 6.45) is 1.92. The molecule has 0 N–H and O–H groups in total. The molecule has 0 saturated heterocycles. The number of benzene rings is 1. The zero-order valence-corrected chi connectivity index (χ0v) is 7.52. The van der Waals surface area contributed by atoms with Gasteiger partial charge in [-0.3, -0.25) is 4.79 Å². The normalized spacial score (nSPS) is 10.3. The Labute approximate surface area is 84.0 Å². The molecule has 0 aliphatic rings. The van der Waals surface area contributed by atoms with Crippen LogP contribution in [-0.2, 0) is 0 Å². The summed E-state index contributed by atoms with van der Waals surface area (Å²) in [6, 6.07) is 4.51. The van der Waals surface area contributed by atoms with Crippen molar-refractivity contribution in [2.24, 2.45) is 0 Å². The van der Waals surface area contributed by atoms with Crippen LogP contribution in [0.5, 0.6) is 0 Å². The molecule has 1 aromatic heterocycles. The van der Waals surface area contributed by atoms with Crippen LogP contribution in [0.4, 0.5) is 8.78 Å². The first-order valence-electron chi connectivity index (χ1n) is 4.17. The number of halogens is 2. The van der Waals surface area contributed by atoms with Crippen LogP contribution in [0, 0.1) is 11.6 Å². The number of rotatable bonds is 2. The number of carbonyl (C=O) groups excluding carboxylic acids is 1. The lowest BCUT2D eigenvalue weighted by atomic mass is 10.3. The molecular weight excluding hydrogens is 202 g/mol. The third-order valence-corrected chi connectivity index (χ3v) is 1.93. The zero-order chi connectivity index (χ0) is 10.8. The van der Waals surface area contributed by atoms with Crippen molar-refractivity contribution >= 4 is 6.29 Å². The third-order valence-electron chi connectivity index (χ3n) is 1.93. The SMILES string of the molecule is O=Cc1ccnn1-c1ccc(F)cc1F. The van der Waals surface area contributed by atoms with Gasteiger partial charge in [0.15, 0.2) is 12.1 Å². The Morgan fingerprint density at radius 1 is 1.27 bits per heavy atom. The fourth-order valence-electron chi connectivity index (χ4n) is 1.26. The molecule has 0 saturated carbocycles. The van der Waals surface area contributed by atoms with Crippen molar-refractivity contribution < 1.29 is 13.6 Å². The van der Waals surface area contributed by atoms with E-state index in [1.54, 1.807) is 0 Å². The molecule has 0 fully saturated rings. The third kappa shape index (κ3) is 1.63. The molecular formula is C10H6F2N2O. The Kier molecular flexibility index (Phi) is 2.29. The maximum atomic E-state index is 13.3. The van der Waals surface area contributed by atoms with Crippen LogP contribution in [-0.4, -0.2) is 16.1 Å². The smallest absolute Gasteiger partial charge is 0.168 e. The highest BCUT2D eigenvalue weighted by atomic mass is 19.1. The average molecular weight is 208 g/mol. The van der Waals surface area contributed by atoms with Crippen LogP contribution in [0.1, 0.15) is 10.5 Å². The Bertz CT molecular complexity index is 508. The van der Waals surface area contributed by atoms with E-state index in [1.807, 2.05) is 0 Å². The van der Waals surface area contributed by atoms with Gasteiger partial charge in [-0.15, -0.1) is 0 Å². The van der Waals surface area contributed by atoms with Gasteiger partial charge in [0.05, 0.1) is 6.20 Å². The summed E-state index contributed by atoms with van der Waals surface area (Å²) >= 11 is 0. The van der Waals surface area contributed by atoms with Crippen LogP contribution in [0.2, 0.25) is 0 Å². The summed E-state index contributed by atoms with van der Waals surface area (Å²) in [7, 11) is 0. The average Bonchev–Trinajstić information content (AvgIpc) is 2.65. The van der Waals surface area contributed by atoms with E-state index in [1.165, 1.54) is 18.3 Å². The molecule has 0 amide bonds. The summed E-state index contributed by atoms with van der Waals surface area (Å²) in [4.78, 5) is 10.6. The van der Waals surface area contributed by atoms with Crippen LogP contribution < -0.4 is 0 Å². The van der Waals surface area contributed by atoms with E-state index < -0.39 is 11.6 Å². The molecule has 0 spiro atoms. The Hall–Kier alpha value is -2.04. The summed E-state index contributed by atoms with van der Waals surface area (Å²) in [5.74, 6) is -1.43. The van der Waals surface area contributed by atoms with E-state index in [0.717, 1.165) is 16.8 Å². The van der Waals surface area contributed by atoms with Crippen LogP contribution in [0.3, 0.4) is 0 Å². The van der Waals surface area contributed by atoms with Crippen molar-refractivity contribution in [3.05, 3.63) is 47.8 Å². The van der Waals surface area contributed by atoms with Crippen LogP contribution >= 0.6 is 0 Å². The number of hydrogen-bond donors (Lipinski definition) is 0. The molecule has 0 bridgehead atoms. The lowest BCUT2D eigenvalue weighted by Gasteiger charge is -2.04. The van der Waals surface area contributed by atoms with Gasteiger partial charge in [0.1, 0.15) is 17.2 Å². The Morgan fingerprint density at radius 3 is 2.73 bits per heavy atom. The highest BCUT2D eigenvalue weighted by Gasteiger charge is 2.09. The van der Waals surface area contributed by atoms with E-state index >= 15 is 0 Å². The van der Waals surface area contributed by atoms with Gasteiger partial charge >= 0.3 is 0 Å². The molecule has 0 aliphatic carbocycles. The molecule has 2 rings (SSSR count). The summed E-state index contributed by atoms with van der Waals surface area (Å²) in [5, 5.41) is 3.77. The van der Waals surface area contributed by atoms with Gasteiger partial charge in [-0.25, -0.2) is 13.5 Å². The highest BCUT2D eigenvalue weighted by molar-refractivity contribution is 5.73. The molecule has 0 radical (unpaired) electrons. The molecule has 2 aromatic rings. The largest absolute Gasteiger partial charge is 0.296 e. The Balaban J connectivity index is 2.59. The fourth-order valence-corrected chi connectivity index (χ4v) is 1.26. The second kappa shape index (κ2) is 3.61. The maximum Gasteiger partial charge on any atom is 0.168 e. The van der Waals surface area contributed by atoms with Gasteiger partial charge in [-0.2, -0.15) is 5.10 Å². The van der Waals surface area contributed by atoms with Gasteiger partial charge in [0, 0.05) is 6.07 Å². The predicted octanol–water partition coefficient (Wildman–Crippen LogP) is 1.96. The van der Waals surface area contributed by atoms with Crippen LogP contribution in [0.15, 0.2) is 30.5 Å². The molecule has 1 aromatic carbocycles. The van der Waals surface area contributed by atoms with Crippen molar-refractivity contribution in [3.63, 3.8) is 0 Å². The molecule has 15 heavy (non-hydrogen) atoms. The van der Waals surface area contributed by atoms with Crippen molar-refractivity contribution in [3.8, 4) is 5.69 Å². The number of nitrogens with zero attached hydrogens (tertiary/aromatic N) is 2. The van der Waals surface area contributed by atoms with E-state index in [2.05, 4.69) is 5.10 Å². The van der Waals surface area contributed by atoms with Crippen molar-refractivity contribution in [1.29, 1.82) is 0 Å². The number of carbonyl (C=O) groups is 1. The number of aldehydes is 1. The first kappa shape index (κ1) is 9.51. The molecule has 0 unspecified atom stereocenters. The van der Waals surface area contributed by atoms with E-state index in [-0.39, 0.29) is 11.4 Å². The van der Waals surface area contributed by atoms with E-state index in [4.69, 9.17) is 0 Å². The molecule has 3 nitrogen and oxygen atoms in total. The fraction of sp³-hybridized carbons (Fsp3) is 0. The van der Waals surface area contributed by atoms with Gasteiger partial charge in [-0.05, 0) is 18.2 Å². The minimum atomic E-state index is -0.762. The van der Waals surface area contributed by atoms with Crippen molar-refractivity contribution in [1.82, 2.24) is 9.78 Å². The standard InChI is InChI=1S/C10H6F2N2O/c11-7-1-2-10(9(12)5-7)14-8(6-15)3-4-13-14/h1-6H. The predicted molar refractivity (Wildman–Crippen MR) is 48.9 cm³/mol. The molecule has 0 atom stereocenters. The van der Waals surface area contributed by atoms with Gasteiger partial charge in [-0.1, -0.05) is 0 Å². The lowest BCUT2D eigenvalue weighted by molar-refractivity contribution is 0.111. The lowest BCUT2D eigenvalue weighted by Crippen LogP contribution is -2.03. The monoisotopic (exact) mass is 208 g/mol.